The maximum atomic E-state index is 14.0. The third kappa shape index (κ3) is 23.8. The first-order valence-electron chi connectivity index (χ1n) is 31.3. The highest BCUT2D eigenvalue weighted by Crippen LogP contribution is 2.57. The Morgan fingerprint density at radius 1 is 0.732 bits per heavy atom. The fourth-order valence-corrected chi connectivity index (χ4v) is 11.1. The Kier molecular flexibility index (Phi) is 31.4. The van der Waals surface area contributed by atoms with E-state index in [1.165, 1.54) is 15.9 Å². The molecule has 2 unspecified atom stereocenters. The molecule has 2 saturated heterocycles. The van der Waals surface area contributed by atoms with Crippen molar-refractivity contribution in [3.63, 3.8) is 0 Å². The normalized spacial score (nSPS) is 17.9. The Hall–Kier alpha value is -6.53. The smallest absolute Gasteiger partial charge is 0.364 e. The molecule has 8 N–H and O–H groups in total. The number of benzene rings is 4. The lowest BCUT2D eigenvalue weighted by molar-refractivity contribution is -0.136. The van der Waals surface area contributed by atoms with Gasteiger partial charge in [0.15, 0.2) is 23.5 Å². The van der Waals surface area contributed by atoms with Crippen LogP contribution in [0.2, 0.25) is 5.28 Å². The summed E-state index contributed by atoms with van der Waals surface area (Å²) in [6.07, 6.45) is -2.92. The van der Waals surface area contributed by atoms with Crippen LogP contribution in [0.4, 0.5) is 19.0 Å². The summed E-state index contributed by atoms with van der Waals surface area (Å²) in [7, 11) is -4.87. The molecular formula is C64H83ClF3N8O20P. The number of hydrogen-bond acceptors (Lipinski definition) is 26. The van der Waals surface area contributed by atoms with E-state index in [2.05, 4.69) is 19.8 Å². The van der Waals surface area contributed by atoms with Crippen LogP contribution in [-0.4, -0.2) is 226 Å². The van der Waals surface area contributed by atoms with Crippen LogP contribution >= 0.6 is 19.2 Å². The van der Waals surface area contributed by atoms with Crippen LogP contribution in [0.1, 0.15) is 35.3 Å². The summed E-state index contributed by atoms with van der Waals surface area (Å²) in [6, 6.07) is 26.4. The molecule has 0 saturated carbocycles. The van der Waals surface area contributed by atoms with Crippen LogP contribution in [0.5, 0.6) is 11.5 Å². The summed E-state index contributed by atoms with van der Waals surface area (Å²) in [5, 5.41) is 37.4. The molecule has 0 spiro atoms. The molecule has 2 fully saturated rings. The van der Waals surface area contributed by atoms with Gasteiger partial charge < -0.3 is 102 Å². The maximum Gasteiger partial charge on any atom is 0.364 e. The van der Waals surface area contributed by atoms with Gasteiger partial charge in [-0.05, 0) is 40.4 Å². The first-order valence-corrected chi connectivity index (χ1v) is 33.2. The minimum absolute atomic E-state index is 0.0207. The first-order chi connectivity index (χ1) is 47.0. The van der Waals surface area contributed by atoms with Crippen molar-refractivity contribution >= 4 is 42.0 Å². The molecule has 4 heterocycles. The number of aromatic nitrogens is 4. The van der Waals surface area contributed by atoms with E-state index in [1.807, 2.05) is 59.5 Å². The van der Waals surface area contributed by atoms with E-state index in [4.69, 9.17) is 84.5 Å². The van der Waals surface area contributed by atoms with E-state index < -0.39 is 86.5 Å². The third-order valence-electron chi connectivity index (χ3n) is 14.9. The Morgan fingerprint density at radius 3 is 1.89 bits per heavy atom. The molecule has 2 aliphatic rings. The fraction of sp³-hybridized carbons (Fsp3) is 0.500. The van der Waals surface area contributed by atoms with E-state index in [9.17, 15) is 42.7 Å². The molecule has 0 bridgehead atoms. The zero-order chi connectivity index (χ0) is 68.8. The monoisotopic (exact) mass is 1410 g/mol. The number of aliphatic hydroxyl groups excluding tert-OH is 3. The number of ether oxygens (including phenoxy) is 13. The molecule has 2 aromatic heterocycles. The van der Waals surface area contributed by atoms with E-state index >= 15 is 0 Å². The maximum absolute atomic E-state index is 14.0. The number of anilines is 1. The van der Waals surface area contributed by atoms with Crippen LogP contribution < -0.4 is 25.9 Å². The summed E-state index contributed by atoms with van der Waals surface area (Å²) in [6.45, 7) is 4.11. The van der Waals surface area contributed by atoms with Crippen molar-refractivity contribution in [3.8, 4) is 11.5 Å². The Labute approximate surface area is 563 Å². The van der Waals surface area contributed by atoms with Crippen LogP contribution in [-0.2, 0) is 79.2 Å². The molecule has 532 valence electrons. The van der Waals surface area contributed by atoms with Gasteiger partial charge in [-0.1, -0.05) is 72.8 Å². The van der Waals surface area contributed by atoms with Crippen LogP contribution in [0, 0.1) is 17.5 Å². The Balaban J connectivity index is 0.625. The number of halogens is 4. The summed E-state index contributed by atoms with van der Waals surface area (Å²) < 4.78 is 134. The second-order valence-corrected chi connectivity index (χ2v) is 24.5. The van der Waals surface area contributed by atoms with Crippen molar-refractivity contribution in [2.75, 3.05) is 157 Å². The minimum atomic E-state index is -4.87. The van der Waals surface area contributed by atoms with Gasteiger partial charge in [0.25, 0.3) is 0 Å². The summed E-state index contributed by atoms with van der Waals surface area (Å²) >= 11 is 6.50. The van der Waals surface area contributed by atoms with E-state index in [0.29, 0.717) is 146 Å². The van der Waals surface area contributed by atoms with Crippen molar-refractivity contribution in [1.82, 2.24) is 24.8 Å². The van der Waals surface area contributed by atoms with Crippen molar-refractivity contribution < 1.29 is 109 Å². The fourth-order valence-electron chi connectivity index (χ4n) is 9.72. The number of aliphatic hydroxyl groups is 3. The average Bonchev–Trinajstić information content (AvgIpc) is 1.65. The van der Waals surface area contributed by atoms with Gasteiger partial charge in [0, 0.05) is 37.3 Å². The molecule has 0 amide bonds. The van der Waals surface area contributed by atoms with Gasteiger partial charge in [0.2, 0.25) is 16.4 Å². The third-order valence-corrected chi connectivity index (χ3v) is 17.0. The van der Waals surface area contributed by atoms with Crippen molar-refractivity contribution in [3.05, 3.63) is 155 Å². The summed E-state index contributed by atoms with van der Waals surface area (Å²) in [5.74, 6) is 1.68. The van der Waals surface area contributed by atoms with Crippen LogP contribution in [0.3, 0.4) is 0 Å². The SMILES string of the molecule is N/C(=C\N(N)CCOCCOCCOCCOCCC(=O)Oc1c(F)cc(F)cc1F)COCCOCCOCCOCCOc1ccc(C2CN(c3nc(Cl)nc4c3cnn4[C@@H]3O[C@H](COC(CO)(COCc4ccccc4)P(=O)(O)OCc4ccccc4)[C@@H](O)[C@H]3O)C2)cc1. The number of carbonyl (C=O) groups excluding carboxylic acids is 1. The lowest BCUT2D eigenvalue weighted by Crippen LogP contribution is -2.45. The van der Waals surface area contributed by atoms with Crippen LogP contribution in [0.25, 0.3) is 11.0 Å². The molecule has 33 heteroatoms. The number of carbonyl (C=O) groups is 1. The van der Waals surface area contributed by atoms with E-state index in [0.717, 1.165) is 11.1 Å². The standard InChI is InChI=1S/C64H83ClF3N8O20P/c65-63-72-60(52-35-71-76(61(52)73-63)62-58(80)57(79)55(95-62)42-93-64(43-77,44-91-39-45-7-3-1-4-8-45)97(81,82)94-40-46-9-5-2-6-10-46)74-36-48(37-74)47-11-13-51(14-12-47)92-32-31-89-28-27-87-25-26-88-29-30-90-41-50(69)38-75(70)16-18-84-20-22-86-24-23-85-21-19-83-17-15-56(78)96-59-53(67)33-49(66)34-54(59)68/h1-14,33-35,38,48,55,57-58,62,77,79-80H,15-32,36-37,39-44,69-70H2,(H,81,82)/b50-38-/t55-,57-,58-,62-,64?/m1/s1. The number of esters is 1. The van der Waals surface area contributed by atoms with Gasteiger partial charge in [-0.3, -0.25) is 9.36 Å². The number of hydrogen-bond donors (Lipinski definition) is 6. The van der Waals surface area contributed by atoms with E-state index in [-0.39, 0.29) is 62.9 Å². The summed E-state index contributed by atoms with van der Waals surface area (Å²) in [5.41, 5.74) is 9.13. The van der Waals surface area contributed by atoms with Gasteiger partial charge >= 0.3 is 13.6 Å². The predicted octanol–water partition coefficient (Wildman–Crippen LogP) is 4.93. The van der Waals surface area contributed by atoms with Crippen molar-refractivity contribution in [2.45, 2.75) is 55.4 Å². The summed E-state index contributed by atoms with van der Waals surface area (Å²) in [4.78, 5) is 34.1. The molecule has 4 aromatic carbocycles. The minimum Gasteiger partial charge on any atom is -0.491 e. The number of fused-ring (bicyclic) bond motifs is 1. The van der Waals surface area contributed by atoms with Crippen LogP contribution in [0.15, 0.2) is 115 Å². The zero-order valence-electron chi connectivity index (χ0n) is 53.3. The lowest BCUT2D eigenvalue weighted by Gasteiger charge is -2.40. The molecule has 0 radical (unpaired) electrons. The number of hydrazine groups is 1. The second-order valence-electron chi connectivity index (χ2n) is 22.1. The molecule has 28 nitrogen and oxygen atoms in total. The quantitative estimate of drug-likeness (QED) is 0.00561. The molecule has 97 heavy (non-hydrogen) atoms. The molecular weight excluding hydrogens is 1320 g/mol. The second kappa shape index (κ2) is 39.9. The molecule has 0 aliphatic carbocycles. The zero-order valence-corrected chi connectivity index (χ0v) is 54.9. The number of nitrogens with zero attached hydrogens (tertiary/aromatic N) is 6. The van der Waals surface area contributed by atoms with Gasteiger partial charge in [-0.25, -0.2) is 23.7 Å². The highest BCUT2D eigenvalue weighted by molar-refractivity contribution is 7.54. The van der Waals surface area contributed by atoms with Gasteiger partial charge in [0.05, 0.1) is 169 Å². The van der Waals surface area contributed by atoms with Crippen molar-refractivity contribution in [1.29, 1.82) is 0 Å². The lowest BCUT2D eigenvalue weighted by atomic mass is 9.91. The van der Waals surface area contributed by atoms with Gasteiger partial charge in [-0.15, -0.1) is 0 Å². The molecule has 2 aliphatic heterocycles. The van der Waals surface area contributed by atoms with E-state index in [1.54, 1.807) is 36.5 Å². The Bertz CT molecular complexity index is 3380. The topological polar surface area (TPSA) is 346 Å². The van der Waals surface area contributed by atoms with Crippen molar-refractivity contribution in [2.24, 2.45) is 11.6 Å². The average molecular weight is 1410 g/mol. The Morgan fingerprint density at radius 2 is 1.29 bits per heavy atom. The highest BCUT2D eigenvalue weighted by Gasteiger charge is 2.53. The first kappa shape index (κ1) is 76.2. The molecule has 6 atom stereocenters. The highest BCUT2D eigenvalue weighted by atomic mass is 35.5. The number of nitrogens with two attached hydrogens (primary N) is 2. The molecule has 6 aromatic rings. The predicted molar refractivity (Wildman–Crippen MR) is 342 cm³/mol. The van der Waals surface area contributed by atoms with Gasteiger partial charge in [0.1, 0.15) is 42.3 Å². The number of rotatable bonds is 47. The van der Waals surface area contributed by atoms with Gasteiger partial charge in [-0.2, -0.15) is 15.1 Å². The molecule has 8 rings (SSSR count). The largest absolute Gasteiger partial charge is 0.491 e.